The van der Waals surface area contributed by atoms with Crippen LogP contribution in [0.25, 0.3) is 0 Å². The van der Waals surface area contributed by atoms with Gasteiger partial charge in [0.25, 0.3) is 0 Å². The molecule has 0 atom stereocenters. The minimum atomic E-state index is -0.762. The number of rotatable bonds is 12. The van der Waals surface area contributed by atoms with Gasteiger partial charge in [-0.05, 0) is 5.04 Å². The summed E-state index contributed by atoms with van der Waals surface area (Å²) in [6.07, 6.45) is 11.8. The lowest BCUT2D eigenvalue weighted by molar-refractivity contribution is 0.582. The summed E-state index contributed by atoms with van der Waals surface area (Å²) >= 11 is 0. The molecule has 0 saturated heterocycles. The molecule has 0 rings (SSSR count). The van der Waals surface area contributed by atoms with Crippen LogP contribution in [0.1, 0.15) is 72.1 Å². The van der Waals surface area contributed by atoms with Gasteiger partial charge in [-0.1, -0.05) is 104 Å². The van der Waals surface area contributed by atoms with Crippen LogP contribution in [0.2, 0.25) is 36.8 Å². The Kier molecular flexibility index (Phi) is 10.4. The van der Waals surface area contributed by atoms with Gasteiger partial charge in [-0.2, -0.15) is 0 Å². The van der Waals surface area contributed by atoms with Gasteiger partial charge in [-0.3, -0.25) is 0 Å². The molecule has 0 bridgehead atoms. The van der Waals surface area contributed by atoms with E-state index in [-0.39, 0.29) is 9.52 Å². The molecule has 0 aromatic rings. The highest BCUT2D eigenvalue weighted by atomic mass is 28.3. The summed E-state index contributed by atoms with van der Waals surface area (Å²) in [6.45, 7) is 14.8. The first-order chi connectivity index (χ1) is 8.77. The van der Waals surface area contributed by atoms with Gasteiger partial charge in [0.15, 0.2) is 0 Å². The Morgan fingerprint density at radius 1 is 0.842 bits per heavy atom. The quantitative estimate of drug-likeness (QED) is 0.295. The maximum absolute atomic E-state index is 2.50. The summed E-state index contributed by atoms with van der Waals surface area (Å²) in [6, 6.07) is 3.12. The van der Waals surface area contributed by atoms with Crippen molar-refractivity contribution in [3.05, 3.63) is 0 Å². The molecule has 116 valence electrons. The van der Waals surface area contributed by atoms with E-state index in [1.54, 1.807) is 6.04 Å². The van der Waals surface area contributed by atoms with Crippen LogP contribution in [0.15, 0.2) is 0 Å². The van der Waals surface area contributed by atoms with Gasteiger partial charge in [0.1, 0.15) is 0 Å². The van der Waals surface area contributed by atoms with Gasteiger partial charge < -0.3 is 0 Å². The molecule has 0 saturated carbocycles. The van der Waals surface area contributed by atoms with Crippen LogP contribution < -0.4 is 0 Å². The Labute approximate surface area is 127 Å². The highest BCUT2D eigenvalue weighted by Gasteiger charge is 2.16. The minimum absolute atomic E-state index is 0.171. The summed E-state index contributed by atoms with van der Waals surface area (Å²) in [7, 11) is -0.591. The molecular weight excluding hydrogens is 260 g/mol. The average Bonchev–Trinajstić information content (AvgIpc) is 2.25. The topological polar surface area (TPSA) is 0 Å². The molecular formula is C17H40Si2. The highest BCUT2D eigenvalue weighted by molar-refractivity contribution is 6.76. The van der Waals surface area contributed by atoms with Crippen LogP contribution in [0.5, 0.6) is 0 Å². The number of hydrogen-bond acceptors (Lipinski definition) is 0. The van der Waals surface area contributed by atoms with Gasteiger partial charge in [0.2, 0.25) is 0 Å². The van der Waals surface area contributed by atoms with Crippen LogP contribution in [-0.2, 0) is 0 Å². The largest absolute Gasteiger partial charge is 0.0695 e. The van der Waals surface area contributed by atoms with Crippen molar-refractivity contribution in [2.75, 3.05) is 0 Å². The fraction of sp³-hybridized carbons (Fsp3) is 1.00. The molecule has 0 nitrogen and oxygen atoms in total. The fourth-order valence-electron chi connectivity index (χ4n) is 2.94. The van der Waals surface area contributed by atoms with E-state index >= 15 is 0 Å². The third-order valence-electron chi connectivity index (χ3n) is 4.21. The van der Waals surface area contributed by atoms with Crippen LogP contribution in [-0.4, -0.2) is 17.6 Å². The molecule has 19 heavy (non-hydrogen) atoms. The zero-order valence-electron chi connectivity index (χ0n) is 14.8. The van der Waals surface area contributed by atoms with Crippen LogP contribution in [0.4, 0.5) is 0 Å². The summed E-state index contributed by atoms with van der Waals surface area (Å²) in [4.78, 5) is 0. The predicted octanol–water partition coefficient (Wildman–Crippen LogP) is 6.25. The molecule has 0 unspecified atom stereocenters. The Bertz CT molecular complexity index is 204. The second-order valence-electron chi connectivity index (χ2n) is 8.45. The summed E-state index contributed by atoms with van der Waals surface area (Å²) < 4.78 is 0. The summed E-state index contributed by atoms with van der Waals surface area (Å²) in [5.41, 5.74) is 0. The SMILES string of the molecule is CCCC(C)(C)[SiH2]CCCCCCCC[Si](C)(C)C. The van der Waals surface area contributed by atoms with Crippen molar-refractivity contribution in [1.29, 1.82) is 0 Å². The molecule has 0 spiro atoms. The molecule has 0 amide bonds. The zero-order valence-corrected chi connectivity index (χ0v) is 17.2. The molecule has 0 fully saturated rings. The standard InChI is InChI=1S/C17H40Si2/c1-7-14-17(2,3)18-15-12-10-8-9-11-13-16-19(4,5)6/h7-16,18H2,1-6H3. The van der Waals surface area contributed by atoms with Gasteiger partial charge in [0, 0.05) is 17.6 Å². The Balaban J connectivity index is 3.28. The first-order valence-electron chi connectivity index (χ1n) is 8.77. The van der Waals surface area contributed by atoms with E-state index < -0.39 is 8.07 Å². The second-order valence-corrected chi connectivity index (χ2v) is 17.2. The van der Waals surface area contributed by atoms with Gasteiger partial charge in [-0.25, -0.2) is 0 Å². The fourth-order valence-corrected chi connectivity index (χ4v) is 6.42. The molecule has 0 aliphatic rings. The van der Waals surface area contributed by atoms with Crippen molar-refractivity contribution in [2.45, 2.75) is 109 Å². The van der Waals surface area contributed by atoms with E-state index in [1.165, 1.54) is 57.4 Å². The van der Waals surface area contributed by atoms with Gasteiger partial charge in [0.05, 0.1) is 0 Å². The molecule has 0 aromatic heterocycles. The molecule has 0 heterocycles. The van der Waals surface area contributed by atoms with E-state index in [0.29, 0.717) is 0 Å². The first kappa shape index (κ1) is 19.4. The molecule has 0 radical (unpaired) electrons. The van der Waals surface area contributed by atoms with E-state index in [9.17, 15) is 0 Å². The smallest absolute Gasteiger partial charge is 0.0442 e. The second kappa shape index (κ2) is 10.2. The van der Waals surface area contributed by atoms with Crippen molar-refractivity contribution in [3.8, 4) is 0 Å². The molecule has 2 heteroatoms. The first-order valence-corrected chi connectivity index (χ1v) is 14.2. The van der Waals surface area contributed by atoms with Crippen molar-refractivity contribution >= 4 is 17.6 Å². The number of hydrogen-bond donors (Lipinski definition) is 0. The van der Waals surface area contributed by atoms with Crippen molar-refractivity contribution in [2.24, 2.45) is 0 Å². The van der Waals surface area contributed by atoms with Crippen molar-refractivity contribution < 1.29 is 0 Å². The maximum Gasteiger partial charge on any atom is 0.0442 e. The maximum atomic E-state index is 2.50. The molecule has 0 N–H and O–H groups in total. The average molecular weight is 301 g/mol. The lowest BCUT2D eigenvalue weighted by Crippen LogP contribution is -2.18. The minimum Gasteiger partial charge on any atom is -0.0695 e. The van der Waals surface area contributed by atoms with E-state index in [4.69, 9.17) is 0 Å². The third-order valence-corrected chi connectivity index (χ3v) is 8.62. The Morgan fingerprint density at radius 3 is 1.89 bits per heavy atom. The molecule has 0 aromatic carbocycles. The van der Waals surface area contributed by atoms with E-state index in [2.05, 4.69) is 40.4 Å². The highest BCUT2D eigenvalue weighted by Crippen LogP contribution is 2.30. The van der Waals surface area contributed by atoms with Gasteiger partial charge >= 0.3 is 0 Å². The summed E-state index contributed by atoms with van der Waals surface area (Å²) in [5, 5.41) is 0.728. The Hall–Kier alpha value is 0.434. The normalized spacial score (nSPS) is 13.6. The monoisotopic (exact) mass is 300 g/mol. The lowest BCUT2D eigenvalue weighted by Gasteiger charge is -2.23. The molecule has 0 aliphatic heterocycles. The zero-order chi connectivity index (χ0) is 14.8. The van der Waals surface area contributed by atoms with Crippen molar-refractivity contribution in [3.63, 3.8) is 0 Å². The van der Waals surface area contributed by atoms with E-state index in [0.717, 1.165) is 5.04 Å². The summed E-state index contributed by atoms with van der Waals surface area (Å²) in [5.74, 6) is 0. The van der Waals surface area contributed by atoms with Crippen LogP contribution in [0.3, 0.4) is 0 Å². The van der Waals surface area contributed by atoms with Gasteiger partial charge in [-0.15, -0.1) is 0 Å². The van der Waals surface area contributed by atoms with E-state index in [1.807, 2.05) is 0 Å². The lowest BCUT2D eigenvalue weighted by atomic mass is 10.1. The van der Waals surface area contributed by atoms with Crippen molar-refractivity contribution in [1.82, 2.24) is 0 Å². The predicted molar refractivity (Wildman–Crippen MR) is 98.2 cm³/mol. The van der Waals surface area contributed by atoms with Crippen LogP contribution in [0, 0.1) is 0 Å². The molecule has 0 aliphatic carbocycles. The van der Waals surface area contributed by atoms with Crippen LogP contribution >= 0.6 is 0 Å². The Morgan fingerprint density at radius 2 is 1.37 bits per heavy atom. The third kappa shape index (κ3) is 14.7. The number of unbranched alkanes of at least 4 members (excludes halogenated alkanes) is 5.